The molecule has 1 unspecified atom stereocenters. The van der Waals surface area contributed by atoms with E-state index in [2.05, 4.69) is 42.8 Å². The van der Waals surface area contributed by atoms with Crippen molar-refractivity contribution >= 4 is 5.96 Å². The average Bonchev–Trinajstić information content (AvgIpc) is 2.61. The zero-order valence-electron chi connectivity index (χ0n) is 16.7. The molecule has 144 valence electrons. The first kappa shape index (κ1) is 17.1. The fourth-order valence-electron chi connectivity index (χ4n) is 6.86. The Kier molecular flexibility index (Phi) is 4.11. The molecule has 0 amide bonds. The molecule has 1 atom stereocenters. The Hall–Kier alpha value is -1.03. The van der Waals surface area contributed by atoms with Gasteiger partial charge in [0.1, 0.15) is 0 Å². The van der Waals surface area contributed by atoms with Crippen molar-refractivity contribution in [2.75, 3.05) is 26.3 Å². The minimum Gasteiger partial charge on any atom is -0.378 e. The van der Waals surface area contributed by atoms with Gasteiger partial charge in [-0.05, 0) is 67.3 Å². The molecule has 0 radical (unpaired) electrons. The van der Waals surface area contributed by atoms with Crippen LogP contribution in [0.3, 0.4) is 0 Å². The first-order chi connectivity index (χ1) is 12.5. The molecular weight excluding hydrogens is 322 g/mol. The Balaban J connectivity index is 1.50. The summed E-state index contributed by atoms with van der Waals surface area (Å²) in [5.41, 5.74) is 0.221. The lowest BCUT2D eigenvalue weighted by Gasteiger charge is -2.60. The van der Waals surface area contributed by atoms with Crippen molar-refractivity contribution in [3.05, 3.63) is 12.3 Å². The molecule has 0 aromatic heterocycles. The van der Waals surface area contributed by atoms with Crippen molar-refractivity contribution in [3.8, 4) is 0 Å². The fraction of sp³-hybridized carbons (Fsp3) is 0.864. The van der Waals surface area contributed by atoms with E-state index in [1.54, 1.807) is 0 Å². The largest absolute Gasteiger partial charge is 0.378 e. The Morgan fingerprint density at radius 2 is 1.58 bits per heavy atom. The third-order valence-electron chi connectivity index (χ3n) is 7.67. The molecule has 6 aliphatic rings. The summed E-state index contributed by atoms with van der Waals surface area (Å²) in [6.07, 6.45) is 11.8. The van der Waals surface area contributed by atoms with Crippen molar-refractivity contribution in [1.82, 2.24) is 9.80 Å². The Morgan fingerprint density at radius 1 is 0.962 bits per heavy atom. The van der Waals surface area contributed by atoms with Gasteiger partial charge < -0.3 is 14.5 Å². The fourth-order valence-corrected chi connectivity index (χ4v) is 6.86. The van der Waals surface area contributed by atoms with E-state index in [0.29, 0.717) is 12.1 Å². The van der Waals surface area contributed by atoms with Crippen LogP contribution in [0.5, 0.6) is 0 Å². The van der Waals surface area contributed by atoms with E-state index in [9.17, 15) is 0 Å². The van der Waals surface area contributed by atoms with Crippen molar-refractivity contribution in [1.29, 1.82) is 0 Å². The minimum absolute atomic E-state index is 0.221. The van der Waals surface area contributed by atoms with Gasteiger partial charge in [0.05, 0.1) is 19.3 Å². The molecule has 26 heavy (non-hydrogen) atoms. The van der Waals surface area contributed by atoms with Crippen molar-refractivity contribution < 1.29 is 4.74 Å². The lowest BCUT2D eigenvalue weighted by atomic mass is 9.53. The molecule has 0 aromatic carbocycles. The zero-order valence-corrected chi connectivity index (χ0v) is 16.7. The van der Waals surface area contributed by atoms with E-state index < -0.39 is 0 Å². The second-order valence-electron chi connectivity index (χ2n) is 10.5. The second kappa shape index (κ2) is 6.25. The molecule has 4 heteroatoms. The molecule has 2 heterocycles. The van der Waals surface area contributed by atoms with Gasteiger partial charge in [-0.3, -0.25) is 0 Å². The van der Waals surface area contributed by atoms with Gasteiger partial charge in [-0.1, -0.05) is 20.8 Å². The molecule has 6 rings (SSSR count). The molecule has 4 bridgehead atoms. The van der Waals surface area contributed by atoms with Crippen molar-refractivity contribution in [2.45, 2.75) is 65.0 Å². The number of aliphatic imine (C=N–C) groups is 1. The summed E-state index contributed by atoms with van der Waals surface area (Å²) in [4.78, 5) is 10.3. The summed E-state index contributed by atoms with van der Waals surface area (Å²) >= 11 is 0. The van der Waals surface area contributed by atoms with Crippen molar-refractivity contribution in [2.24, 2.45) is 34.1 Å². The van der Waals surface area contributed by atoms with Crippen LogP contribution in [0.2, 0.25) is 0 Å². The first-order valence-electron chi connectivity index (χ1n) is 10.9. The third kappa shape index (κ3) is 2.80. The summed E-state index contributed by atoms with van der Waals surface area (Å²) < 4.78 is 5.63. The predicted octanol–water partition coefficient (Wildman–Crippen LogP) is 3.74. The average molecular weight is 358 g/mol. The Labute approximate surface area is 158 Å². The third-order valence-corrected chi connectivity index (χ3v) is 7.67. The van der Waals surface area contributed by atoms with E-state index in [0.717, 1.165) is 50.0 Å². The Bertz CT molecular complexity index is 571. The van der Waals surface area contributed by atoms with Gasteiger partial charge in [0.25, 0.3) is 0 Å². The normalized spacial score (nSPS) is 42.3. The number of hydrogen-bond acceptors (Lipinski definition) is 4. The van der Waals surface area contributed by atoms with Crippen LogP contribution in [-0.2, 0) is 4.74 Å². The smallest absolute Gasteiger partial charge is 0.202 e. The predicted molar refractivity (Wildman–Crippen MR) is 105 cm³/mol. The standard InChI is InChI=1S/C22H35N3O/c1-22(2,3)19-4-5-23-21(24-6-8-26-9-7-24)25(19)20-17-11-15-10-16(13-17)14-18(20)12-15/h4-5,15-20H,6-14H2,1-3H3. The highest BCUT2D eigenvalue weighted by atomic mass is 16.5. The van der Waals surface area contributed by atoms with E-state index in [1.165, 1.54) is 38.1 Å². The summed E-state index contributed by atoms with van der Waals surface area (Å²) in [6.45, 7) is 10.8. The van der Waals surface area contributed by atoms with Crippen LogP contribution >= 0.6 is 0 Å². The Morgan fingerprint density at radius 3 is 2.15 bits per heavy atom. The van der Waals surface area contributed by atoms with Crippen LogP contribution in [0, 0.1) is 29.1 Å². The van der Waals surface area contributed by atoms with Gasteiger partial charge in [0, 0.05) is 25.3 Å². The maximum absolute atomic E-state index is 5.63. The molecule has 0 spiro atoms. The van der Waals surface area contributed by atoms with Crippen LogP contribution in [0.15, 0.2) is 17.3 Å². The van der Waals surface area contributed by atoms with E-state index in [1.807, 2.05) is 0 Å². The summed E-state index contributed by atoms with van der Waals surface area (Å²) in [5.74, 6) is 5.05. The zero-order chi connectivity index (χ0) is 17.9. The second-order valence-corrected chi connectivity index (χ2v) is 10.5. The number of rotatable bonds is 1. The number of hydrogen-bond donors (Lipinski definition) is 0. The lowest BCUT2D eigenvalue weighted by Crippen LogP contribution is -2.65. The van der Waals surface area contributed by atoms with Crippen LogP contribution < -0.4 is 0 Å². The highest BCUT2D eigenvalue weighted by Gasteiger charge is 2.53. The number of nitrogens with zero attached hydrogens (tertiary/aromatic N) is 3. The minimum atomic E-state index is 0.221. The first-order valence-corrected chi connectivity index (χ1v) is 10.9. The van der Waals surface area contributed by atoms with Crippen LogP contribution in [0.25, 0.3) is 0 Å². The van der Waals surface area contributed by atoms with Gasteiger partial charge in [-0.25, -0.2) is 4.99 Å². The van der Waals surface area contributed by atoms with Crippen LogP contribution in [0.4, 0.5) is 0 Å². The van der Waals surface area contributed by atoms with Gasteiger partial charge in [-0.15, -0.1) is 0 Å². The van der Waals surface area contributed by atoms with E-state index in [-0.39, 0.29) is 5.41 Å². The monoisotopic (exact) mass is 357 g/mol. The van der Waals surface area contributed by atoms with Gasteiger partial charge in [0.15, 0.2) is 0 Å². The van der Waals surface area contributed by atoms with Gasteiger partial charge in [-0.2, -0.15) is 0 Å². The highest BCUT2D eigenvalue weighted by Crippen LogP contribution is 2.56. The molecule has 4 aliphatic carbocycles. The molecule has 2 aliphatic heterocycles. The summed E-state index contributed by atoms with van der Waals surface area (Å²) in [6, 6.07) is 1.14. The molecule has 0 aromatic rings. The molecule has 1 saturated heterocycles. The molecule has 4 nitrogen and oxygen atoms in total. The molecule has 5 fully saturated rings. The van der Waals surface area contributed by atoms with E-state index >= 15 is 0 Å². The van der Waals surface area contributed by atoms with E-state index in [4.69, 9.17) is 9.73 Å². The van der Waals surface area contributed by atoms with Gasteiger partial charge >= 0.3 is 0 Å². The SMILES string of the molecule is CC(C)(C)C1C=CN=C(N2CCOCC2)N1C1C2CC3CC(C2)CC1C3. The summed E-state index contributed by atoms with van der Waals surface area (Å²) in [5, 5.41) is 0. The summed E-state index contributed by atoms with van der Waals surface area (Å²) in [7, 11) is 0. The van der Waals surface area contributed by atoms with Crippen molar-refractivity contribution in [3.63, 3.8) is 0 Å². The van der Waals surface area contributed by atoms with Crippen LogP contribution in [0.1, 0.15) is 52.9 Å². The molecule has 4 saturated carbocycles. The van der Waals surface area contributed by atoms with Crippen LogP contribution in [-0.4, -0.2) is 54.1 Å². The number of guanidine groups is 1. The number of morpholine rings is 1. The lowest BCUT2D eigenvalue weighted by molar-refractivity contribution is -0.0653. The maximum Gasteiger partial charge on any atom is 0.202 e. The maximum atomic E-state index is 5.63. The number of ether oxygens (including phenoxy) is 1. The van der Waals surface area contributed by atoms with Gasteiger partial charge in [0.2, 0.25) is 5.96 Å². The molecular formula is C22H35N3O. The molecule has 0 N–H and O–H groups in total. The topological polar surface area (TPSA) is 28.1 Å². The quantitative estimate of drug-likeness (QED) is 0.715. The highest BCUT2D eigenvalue weighted by molar-refractivity contribution is 5.83.